The fourth-order valence-corrected chi connectivity index (χ4v) is 4.04. The third kappa shape index (κ3) is 7.40. The molecule has 1 aromatic rings. The number of rotatable bonds is 6. The Morgan fingerprint density at radius 1 is 1.00 bits per heavy atom. The van der Waals surface area contributed by atoms with Crippen molar-refractivity contribution in [3.63, 3.8) is 0 Å². The summed E-state index contributed by atoms with van der Waals surface area (Å²) in [5.41, 5.74) is 1.95. The molecule has 0 amide bonds. The topological polar surface area (TPSA) is 21.3 Å². The van der Waals surface area contributed by atoms with Crippen molar-refractivity contribution in [3.05, 3.63) is 30.3 Å². The summed E-state index contributed by atoms with van der Waals surface area (Å²) in [6.07, 6.45) is 7.83. The van der Waals surface area contributed by atoms with Crippen molar-refractivity contribution in [2.75, 3.05) is 18.5 Å². The second-order valence-corrected chi connectivity index (χ2v) is 9.69. The minimum atomic E-state index is 0.308. The largest absolute Gasteiger partial charge is 0.385 e. The molecule has 2 atom stereocenters. The van der Waals surface area contributed by atoms with Crippen molar-refractivity contribution in [1.82, 2.24) is 0 Å². The van der Waals surface area contributed by atoms with Crippen molar-refractivity contribution >= 4 is 5.69 Å². The van der Waals surface area contributed by atoms with Gasteiger partial charge < -0.3 is 10.1 Å². The molecule has 0 bridgehead atoms. The first-order chi connectivity index (χ1) is 11.8. The van der Waals surface area contributed by atoms with Crippen LogP contribution in [0.2, 0.25) is 0 Å². The number of anilines is 1. The maximum atomic E-state index is 6.22. The molecule has 25 heavy (non-hydrogen) atoms. The van der Waals surface area contributed by atoms with Crippen LogP contribution >= 0.6 is 0 Å². The lowest BCUT2D eigenvalue weighted by molar-refractivity contribution is -0.00869. The van der Waals surface area contributed by atoms with Gasteiger partial charge in [-0.15, -0.1) is 0 Å². The van der Waals surface area contributed by atoms with E-state index in [1.54, 1.807) is 0 Å². The van der Waals surface area contributed by atoms with Crippen LogP contribution in [-0.4, -0.2) is 19.3 Å². The highest BCUT2D eigenvalue weighted by atomic mass is 16.5. The average Bonchev–Trinajstić information content (AvgIpc) is 2.49. The van der Waals surface area contributed by atoms with Crippen LogP contribution in [0.25, 0.3) is 0 Å². The molecule has 1 saturated heterocycles. The first-order valence-electron chi connectivity index (χ1n) is 10.2. The highest BCUT2D eigenvalue weighted by molar-refractivity contribution is 5.42. The van der Waals surface area contributed by atoms with Crippen molar-refractivity contribution in [3.8, 4) is 0 Å². The van der Waals surface area contributed by atoms with Crippen LogP contribution in [0, 0.1) is 16.7 Å². The number of hydrogen-bond acceptors (Lipinski definition) is 2. The summed E-state index contributed by atoms with van der Waals surface area (Å²) in [7, 11) is 0. The van der Waals surface area contributed by atoms with Gasteiger partial charge in [-0.25, -0.2) is 0 Å². The minimum Gasteiger partial charge on any atom is -0.385 e. The van der Waals surface area contributed by atoms with Gasteiger partial charge in [0.25, 0.3) is 0 Å². The lowest BCUT2D eigenvalue weighted by Crippen LogP contribution is -2.30. The van der Waals surface area contributed by atoms with E-state index < -0.39 is 0 Å². The second-order valence-electron chi connectivity index (χ2n) is 9.69. The number of nitrogens with one attached hydrogen (secondary N) is 1. The van der Waals surface area contributed by atoms with E-state index in [1.807, 2.05) is 0 Å². The molecule has 2 unspecified atom stereocenters. The fourth-order valence-electron chi connectivity index (χ4n) is 4.04. The molecule has 2 rings (SSSR count). The van der Waals surface area contributed by atoms with Gasteiger partial charge in [-0.1, -0.05) is 52.8 Å². The van der Waals surface area contributed by atoms with Crippen LogP contribution in [0.4, 0.5) is 5.69 Å². The first-order valence-corrected chi connectivity index (χ1v) is 10.2. The molecule has 1 fully saturated rings. The van der Waals surface area contributed by atoms with Gasteiger partial charge in [-0.2, -0.15) is 0 Å². The third-order valence-corrected chi connectivity index (χ3v) is 5.80. The molecule has 142 valence electrons. The molecule has 1 aromatic carbocycles. The molecule has 0 aliphatic carbocycles. The van der Waals surface area contributed by atoms with Gasteiger partial charge in [0.2, 0.25) is 0 Å². The van der Waals surface area contributed by atoms with E-state index in [0.717, 1.165) is 19.1 Å². The van der Waals surface area contributed by atoms with Crippen molar-refractivity contribution in [1.29, 1.82) is 0 Å². The Labute approximate surface area is 155 Å². The highest BCUT2D eigenvalue weighted by Crippen LogP contribution is 2.37. The molecule has 1 aliphatic heterocycles. The van der Waals surface area contributed by atoms with Gasteiger partial charge in [0.15, 0.2) is 0 Å². The zero-order valence-electron chi connectivity index (χ0n) is 17.1. The predicted molar refractivity (Wildman–Crippen MR) is 109 cm³/mol. The Morgan fingerprint density at radius 2 is 1.72 bits per heavy atom. The summed E-state index contributed by atoms with van der Waals surface area (Å²) >= 11 is 0. The van der Waals surface area contributed by atoms with Crippen LogP contribution in [0.1, 0.15) is 73.1 Å². The summed E-state index contributed by atoms with van der Waals surface area (Å²) < 4.78 is 6.22. The normalized spacial score (nSPS) is 22.9. The molecule has 1 heterocycles. The SMILES string of the molecule is CC(C)(CCNc1ccccc1)CC1CCC(C(C)(C)C)CCCO1. The summed E-state index contributed by atoms with van der Waals surface area (Å²) in [4.78, 5) is 0. The summed E-state index contributed by atoms with van der Waals surface area (Å²) in [5, 5.41) is 3.55. The van der Waals surface area contributed by atoms with E-state index in [0.29, 0.717) is 16.9 Å². The van der Waals surface area contributed by atoms with Crippen molar-refractivity contribution in [2.24, 2.45) is 16.7 Å². The number of benzene rings is 1. The Balaban J connectivity index is 1.79. The Morgan fingerprint density at radius 3 is 2.40 bits per heavy atom. The van der Waals surface area contributed by atoms with Gasteiger partial charge in [0, 0.05) is 18.8 Å². The molecule has 1 aliphatic rings. The monoisotopic (exact) mass is 345 g/mol. The summed E-state index contributed by atoms with van der Waals surface area (Å²) in [6.45, 7) is 13.9. The van der Waals surface area contributed by atoms with Crippen molar-refractivity contribution in [2.45, 2.75) is 79.2 Å². The number of para-hydroxylation sites is 1. The van der Waals surface area contributed by atoms with Gasteiger partial charge in [-0.05, 0) is 67.4 Å². The molecule has 1 N–H and O–H groups in total. The Hall–Kier alpha value is -1.02. The van der Waals surface area contributed by atoms with Gasteiger partial charge >= 0.3 is 0 Å². The van der Waals surface area contributed by atoms with Gasteiger partial charge in [-0.3, -0.25) is 0 Å². The van der Waals surface area contributed by atoms with Crippen LogP contribution in [-0.2, 0) is 4.74 Å². The van der Waals surface area contributed by atoms with E-state index in [2.05, 4.69) is 70.3 Å². The van der Waals surface area contributed by atoms with E-state index in [9.17, 15) is 0 Å². The van der Waals surface area contributed by atoms with Crippen LogP contribution < -0.4 is 5.32 Å². The van der Waals surface area contributed by atoms with Crippen LogP contribution in [0.15, 0.2) is 30.3 Å². The zero-order valence-corrected chi connectivity index (χ0v) is 17.1. The van der Waals surface area contributed by atoms with E-state index in [1.165, 1.54) is 44.2 Å². The quantitative estimate of drug-likeness (QED) is 0.633. The maximum absolute atomic E-state index is 6.22. The third-order valence-electron chi connectivity index (χ3n) is 5.80. The second kappa shape index (κ2) is 9.07. The number of hydrogen-bond donors (Lipinski definition) is 1. The maximum Gasteiger partial charge on any atom is 0.0580 e. The lowest BCUT2D eigenvalue weighted by Gasteiger charge is -2.36. The standard InChI is InChI=1S/C23H39NO/c1-22(2,3)19-10-9-17-25-21(14-13-19)18-23(4,5)15-16-24-20-11-7-6-8-12-20/h6-8,11-12,19,21,24H,9-10,13-18H2,1-5H3. The molecule has 0 aromatic heterocycles. The van der Waals surface area contributed by atoms with Crippen LogP contribution in [0.5, 0.6) is 0 Å². The minimum absolute atomic E-state index is 0.308. The Kier molecular flexibility index (Phi) is 7.37. The zero-order chi connectivity index (χ0) is 18.3. The molecule has 0 radical (unpaired) electrons. The van der Waals surface area contributed by atoms with Gasteiger partial charge in [0.1, 0.15) is 0 Å². The smallest absolute Gasteiger partial charge is 0.0580 e. The van der Waals surface area contributed by atoms with E-state index >= 15 is 0 Å². The van der Waals surface area contributed by atoms with E-state index in [4.69, 9.17) is 4.74 Å². The van der Waals surface area contributed by atoms with Gasteiger partial charge in [0.05, 0.1) is 6.10 Å². The molecule has 2 nitrogen and oxygen atoms in total. The Bertz CT molecular complexity index is 489. The first kappa shape index (κ1) is 20.3. The summed E-state index contributed by atoms with van der Waals surface area (Å²) in [6, 6.07) is 10.5. The van der Waals surface area contributed by atoms with Crippen LogP contribution in [0.3, 0.4) is 0 Å². The molecule has 0 saturated carbocycles. The molecular weight excluding hydrogens is 306 g/mol. The van der Waals surface area contributed by atoms with Crippen molar-refractivity contribution < 1.29 is 4.74 Å². The van der Waals surface area contributed by atoms with E-state index in [-0.39, 0.29) is 0 Å². The molecular formula is C23H39NO. The molecule has 0 spiro atoms. The molecule has 2 heteroatoms. The predicted octanol–water partition coefficient (Wildman–Crippen LogP) is 6.53. The summed E-state index contributed by atoms with van der Waals surface area (Å²) in [5.74, 6) is 0.835. The number of ether oxygens (including phenoxy) is 1. The average molecular weight is 346 g/mol. The highest BCUT2D eigenvalue weighted by Gasteiger charge is 2.29. The lowest BCUT2D eigenvalue weighted by atomic mass is 9.74. The fraction of sp³-hybridized carbons (Fsp3) is 0.739.